The molecule has 4 rings (SSSR count). The van der Waals surface area contributed by atoms with Crippen molar-refractivity contribution in [3.05, 3.63) is 41.1 Å². The number of nitrogens with one attached hydrogen (secondary N) is 1. The largest absolute Gasteiger partial charge is 0.425 e. The number of benzene rings is 1. The van der Waals surface area contributed by atoms with E-state index >= 15 is 0 Å². The first-order valence-electron chi connectivity index (χ1n) is 8.34. The van der Waals surface area contributed by atoms with E-state index in [2.05, 4.69) is 15.5 Å². The van der Waals surface area contributed by atoms with Gasteiger partial charge in [-0.2, -0.15) is 0 Å². The zero-order chi connectivity index (χ0) is 16.5. The van der Waals surface area contributed by atoms with Crippen LogP contribution in [0.5, 0.6) is 0 Å². The summed E-state index contributed by atoms with van der Waals surface area (Å²) in [5, 5.41) is 11.9. The second-order valence-electron chi connectivity index (χ2n) is 6.45. The molecule has 2 aromatic rings. The molecule has 2 heterocycles. The van der Waals surface area contributed by atoms with Crippen molar-refractivity contribution in [1.29, 1.82) is 0 Å². The van der Waals surface area contributed by atoms with Crippen LogP contribution in [0.25, 0.3) is 0 Å². The van der Waals surface area contributed by atoms with E-state index in [1.165, 1.54) is 0 Å². The number of nitrogens with zero attached hydrogens (tertiary/aromatic N) is 3. The molecule has 6 nitrogen and oxygen atoms in total. The van der Waals surface area contributed by atoms with Gasteiger partial charge in [0.1, 0.15) is 0 Å². The maximum Gasteiger partial charge on any atom is 0.321 e. The summed E-state index contributed by atoms with van der Waals surface area (Å²) < 4.78 is 5.80. The van der Waals surface area contributed by atoms with Crippen LogP contribution in [-0.4, -0.2) is 34.2 Å². The fourth-order valence-electron chi connectivity index (χ4n) is 2.97. The van der Waals surface area contributed by atoms with Gasteiger partial charge in [-0.25, -0.2) is 4.79 Å². The van der Waals surface area contributed by atoms with Crippen molar-refractivity contribution >= 4 is 23.3 Å². The molecule has 2 amide bonds. The smallest absolute Gasteiger partial charge is 0.321 e. The third-order valence-electron chi connectivity index (χ3n) is 4.61. The number of carbonyl (C=O) groups excluding carboxylic acids is 1. The van der Waals surface area contributed by atoms with E-state index in [-0.39, 0.29) is 11.9 Å². The topological polar surface area (TPSA) is 71.3 Å². The van der Waals surface area contributed by atoms with E-state index < -0.39 is 0 Å². The fourth-order valence-corrected chi connectivity index (χ4v) is 3.10. The quantitative estimate of drug-likeness (QED) is 0.911. The van der Waals surface area contributed by atoms with Gasteiger partial charge in [-0.05, 0) is 49.9 Å². The minimum Gasteiger partial charge on any atom is -0.425 e. The monoisotopic (exact) mass is 346 g/mol. The lowest BCUT2D eigenvalue weighted by atomic mass is 9.97. The van der Waals surface area contributed by atoms with Crippen LogP contribution in [0.3, 0.4) is 0 Å². The van der Waals surface area contributed by atoms with Gasteiger partial charge < -0.3 is 14.6 Å². The van der Waals surface area contributed by atoms with Gasteiger partial charge in [-0.3, -0.25) is 0 Å². The van der Waals surface area contributed by atoms with Gasteiger partial charge in [0, 0.05) is 35.6 Å². The van der Waals surface area contributed by atoms with Crippen LogP contribution in [0.1, 0.15) is 49.3 Å². The third kappa shape index (κ3) is 3.38. The van der Waals surface area contributed by atoms with Gasteiger partial charge in [-0.1, -0.05) is 11.6 Å². The molecular weight excluding hydrogens is 328 g/mol. The van der Waals surface area contributed by atoms with Gasteiger partial charge in [-0.15, -0.1) is 10.2 Å². The Balaban J connectivity index is 1.31. The molecule has 0 unspecified atom stereocenters. The lowest BCUT2D eigenvalue weighted by Gasteiger charge is -2.30. The zero-order valence-electron chi connectivity index (χ0n) is 13.2. The Bertz CT molecular complexity index is 718. The average Bonchev–Trinajstić information content (AvgIpc) is 3.34. The average molecular weight is 347 g/mol. The molecule has 2 aliphatic rings. The van der Waals surface area contributed by atoms with Gasteiger partial charge >= 0.3 is 6.03 Å². The Hall–Kier alpha value is -2.08. The number of hydrogen-bond acceptors (Lipinski definition) is 4. The molecule has 24 heavy (non-hydrogen) atoms. The molecule has 1 saturated heterocycles. The highest BCUT2D eigenvalue weighted by Crippen LogP contribution is 2.40. The van der Waals surface area contributed by atoms with Crippen molar-refractivity contribution in [2.75, 3.05) is 18.4 Å². The number of anilines is 1. The van der Waals surface area contributed by atoms with E-state index in [1.807, 2.05) is 4.90 Å². The van der Waals surface area contributed by atoms with Crippen molar-refractivity contribution in [2.24, 2.45) is 0 Å². The molecule has 1 aromatic carbocycles. The maximum atomic E-state index is 12.3. The zero-order valence-corrected chi connectivity index (χ0v) is 14.0. The van der Waals surface area contributed by atoms with Crippen LogP contribution >= 0.6 is 11.6 Å². The minimum atomic E-state index is -0.0834. The third-order valence-corrected chi connectivity index (χ3v) is 4.86. The lowest BCUT2D eigenvalue weighted by Crippen LogP contribution is -2.40. The summed E-state index contributed by atoms with van der Waals surface area (Å²) in [5.41, 5.74) is 0.748. The number of piperidine rings is 1. The molecule has 126 valence electrons. The minimum absolute atomic E-state index is 0.0834. The summed E-state index contributed by atoms with van der Waals surface area (Å²) in [7, 11) is 0. The molecule has 0 radical (unpaired) electrons. The Morgan fingerprint density at radius 2 is 1.62 bits per heavy atom. The number of halogens is 1. The van der Waals surface area contributed by atoms with Crippen LogP contribution in [0.15, 0.2) is 28.7 Å². The Kier molecular flexibility index (Phi) is 4.14. The number of likely N-dealkylation sites (tertiary alicyclic amines) is 1. The van der Waals surface area contributed by atoms with Crippen LogP contribution in [0.4, 0.5) is 10.5 Å². The van der Waals surface area contributed by atoms with E-state index in [1.54, 1.807) is 24.3 Å². The standard InChI is InChI=1S/C17H19ClN4O2/c18-13-3-5-14(6-4-13)19-17(23)22-9-7-12(8-10-22)16-21-20-15(24-16)11-1-2-11/h3-6,11-12H,1-2,7-10H2,(H,19,23). The maximum absolute atomic E-state index is 12.3. The predicted molar refractivity (Wildman–Crippen MR) is 90.3 cm³/mol. The molecule has 0 spiro atoms. The number of hydrogen-bond donors (Lipinski definition) is 1. The van der Waals surface area contributed by atoms with Crippen molar-refractivity contribution in [3.63, 3.8) is 0 Å². The molecule has 1 N–H and O–H groups in total. The predicted octanol–water partition coefficient (Wildman–Crippen LogP) is 4.01. The van der Waals surface area contributed by atoms with Crippen molar-refractivity contribution in [1.82, 2.24) is 15.1 Å². The highest BCUT2D eigenvalue weighted by molar-refractivity contribution is 6.30. The van der Waals surface area contributed by atoms with E-state index in [4.69, 9.17) is 16.0 Å². The first-order valence-corrected chi connectivity index (χ1v) is 8.71. The highest BCUT2D eigenvalue weighted by Gasteiger charge is 2.32. The first kappa shape index (κ1) is 15.4. The van der Waals surface area contributed by atoms with Crippen molar-refractivity contribution in [2.45, 2.75) is 37.5 Å². The van der Waals surface area contributed by atoms with Crippen LogP contribution in [-0.2, 0) is 0 Å². The van der Waals surface area contributed by atoms with Gasteiger partial charge in [0.2, 0.25) is 11.8 Å². The normalized spacial score (nSPS) is 18.6. The second kappa shape index (κ2) is 6.43. The van der Waals surface area contributed by atoms with Gasteiger partial charge in [0.25, 0.3) is 0 Å². The summed E-state index contributed by atoms with van der Waals surface area (Å²) in [6.45, 7) is 1.37. The van der Waals surface area contributed by atoms with Crippen LogP contribution < -0.4 is 5.32 Å². The summed E-state index contributed by atoms with van der Waals surface area (Å²) in [6, 6.07) is 7.03. The molecule has 1 aliphatic carbocycles. The van der Waals surface area contributed by atoms with Crippen molar-refractivity contribution in [3.8, 4) is 0 Å². The molecular formula is C17H19ClN4O2. The number of aromatic nitrogens is 2. The first-order chi connectivity index (χ1) is 11.7. The molecule has 1 saturated carbocycles. The summed E-state index contributed by atoms with van der Waals surface area (Å²) in [4.78, 5) is 14.2. The molecule has 1 aliphatic heterocycles. The molecule has 0 atom stereocenters. The number of urea groups is 1. The molecule has 0 bridgehead atoms. The molecule has 2 fully saturated rings. The SMILES string of the molecule is O=C(Nc1ccc(Cl)cc1)N1CCC(c2nnc(C3CC3)o2)CC1. The summed E-state index contributed by atoms with van der Waals surface area (Å²) in [5.74, 6) is 2.25. The second-order valence-corrected chi connectivity index (χ2v) is 6.89. The van der Waals surface area contributed by atoms with Gasteiger partial charge in [0.15, 0.2) is 0 Å². The van der Waals surface area contributed by atoms with E-state index in [0.717, 1.165) is 43.2 Å². The van der Waals surface area contributed by atoms with Crippen molar-refractivity contribution < 1.29 is 9.21 Å². The van der Waals surface area contributed by atoms with E-state index in [9.17, 15) is 4.79 Å². The van der Waals surface area contributed by atoms with Gasteiger partial charge in [0.05, 0.1) is 0 Å². The van der Waals surface area contributed by atoms with Crippen LogP contribution in [0.2, 0.25) is 5.02 Å². The Morgan fingerprint density at radius 1 is 1.04 bits per heavy atom. The molecule has 7 heteroatoms. The molecule has 1 aromatic heterocycles. The number of rotatable bonds is 3. The van der Waals surface area contributed by atoms with E-state index in [0.29, 0.717) is 24.0 Å². The summed E-state index contributed by atoms with van der Waals surface area (Å²) in [6.07, 6.45) is 4.01. The fraction of sp³-hybridized carbons (Fsp3) is 0.471. The Labute approximate surface area is 145 Å². The number of carbonyl (C=O) groups is 1. The van der Waals surface area contributed by atoms with Crippen LogP contribution in [0, 0.1) is 0 Å². The Morgan fingerprint density at radius 3 is 2.21 bits per heavy atom. The number of amides is 2. The highest BCUT2D eigenvalue weighted by atomic mass is 35.5. The summed E-state index contributed by atoms with van der Waals surface area (Å²) >= 11 is 5.85. The lowest BCUT2D eigenvalue weighted by molar-refractivity contribution is 0.189.